The van der Waals surface area contributed by atoms with Crippen LogP contribution in [0, 0.1) is 10.1 Å². The van der Waals surface area contributed by atoms with Gasteiger partial charge in [-0.05, 0) is 19.1 Å². The Kier molecular flexibility index (Phi) is 2.97. The molecule has 94 valence electrons. The van der Waals surface area contributed by atoms with E-state index < -0.39 is 22.3 Å². The van der Waals surface area contributed by atoms with Gasteiger partial charge in [-0.3, -0.25) is 10.1 Å². The molecular weight excluding hydrogens is 243 g/mol. The molecule has 1 heterocycles. The summed E-state index contributed by atoms with van der Waals surface area (Å²) in [5, 5.41) is 11.0. The van der Waals surface area contributed by atoms with E-state index in [0.29, 0.717) is 0 Å². The number of ether oxygens (including phenoxy) is 1. The molecule has 18 heavy (non-hydrogen) atoms. The van der Waals surface area contributed by atoms with Crippen molar-refractivity contribution in [3.8, 4) is 0 Å². The minimum Gasteiger partial charge on any atom is -0.461 e. The van der Waals surface area contributed by atoms with E-state index in [2.05, 4.69) is 4.74 Å². The molecule has 0 unspecified atom stereocenters. The maximum absolute atomic E-state index is 13.9. The van der Waals surface area contributed by atoms with E-state index in [0.717, 1.165) is 0 Å². The molecule has 0 aliphatic heterocycles. The maximum Gasteiger partial charge on any atom is 0.364 e. The Hall–Kier alpha value is -2.44. The van der Waals surface area contributed by atoms with Gasteiger partial charge in [-0.1, -0.05) is 16.6 Å². The third-order valence-corrected chi connectivity index (χ3v) is 2.44. The minimum absolute atomic E-state index is 0.00847. The number of carbonyl (C=O) groups excluding carboxylic acids is 1. The number of para-hydroxylation sites is 1. The Morgan fingerprint density at radius 3 is 2.78 bits per heavy atom. The largest absolute Gasteiger partial charge is 0.461 e. The number of halogens is 1. The van der Waals surface area contributed by atoms with Crippen LogP contribution in [-0.2, 0) is 4.74 Å². The zero-order valence-electron chi connectivity index (χ0n) is 9.42. The van der Waals surface area contributed by atoms with Crippen LogP contribution in [0.25, 0.3) is 10.9 Å². The summed E-state index contributed by atoms with van der Waals surface area (Å²) in [6, 6.07) is 5.79. The summed E-state index contributed by atoms with van der Waals surface area (Å²) in [7, 11) is 0. The predicted octanol–water partition coefficient (Wildman–Crippen LogP) is 2.46. The summed E-state index contributed by atoms with van der Waals surface area (Å²) >= 11 is 0. The van der Waals surface area contributed by atoms with Gasteiger partial charge in [0.1, 0.15) is 0 Å². The van der Waals surface area contributed by atoms with Crippen LogP contribution in [0.2, 0.25) is 0 Å². The monoisotopic (exact) mass is 252 g/mol. The van der Waals surface area contributed by atoms with Crippen molar-refractivity contribution in [1.82, 2.24) is 4.79 Å². The van der Waals surface area contributed by atoms with Crippen molar-refractivity contribution in [2.45, 2.75) is 6.92 Å². The molecule has 2 aromatic rings. The highest BCUT2D eigenvalue weighted by atomic mass is 19.2. The molecule has 2 rings (SSSR count). The molecule has 1 aromatic carbocycles. The number of hydrogen-bond donors (Lipinski definition) is 0. The lowest BCUT2D eigenvalue weighted by atomic mass is 10.2. The van der Waals surface area contributed by atoms with Crippen molar-refractivity contribution >= 4 is 22.6 Å². The lowest BCUT2D eigenvalue weighted by Gasteiger charge is -2.00. The lowest BCUT2D eigenvalue weighted by molar-refractivity contribution is -0.383. The average Bonchev–Trinajstić information content (AvgIpc) is 2.64. The molecule has 6 nitrogen and oxygen atoms in total. The van der Waals surface area contributed by atoms with Crippen LogP contribution >= 0.6 is 0 Å². The lowest BCUT2D eigenvalue weighted by Crippen LogP contribution is -2.10. The normalized spacial score (nSPS) is 10.6. The van der Waals surface area contributed by atoms with Gasteiger partial charge >= 0.3 is 11.7 Å². The summed E-state index contributed by atoms with van der Waals surface area (Å²) in [5.74, 6) is -1.05. The zero-order chi connectivity index (χ0) is 13.3. The second-order valence-corrected chi connectivity index (χ2v) is 3.47. The number of esters is 1. The first kappa shape index (κ1) is 12.0. The third kappa shape index (κ3) is 1.69. The molecule has 0 aliphatic carbocycles. The molecule has 0 saturated carbocycles. The van der Waals surface area contributed by atoms with Crippen LogP contribution in [0.4, 0.5) is 10.2 Å². The van der Waals surface area contributed by atoms with Crippen LogP contribution in [0.15, 0.2) is 24.3 Å². The summed E-state index contributed by atoms with van der Waals surface area (Å²) < 4.78 is 18.6. The van der Waals surface area contributed by atoms with E-state index in [4.69, 9.17) is 0 Å². The van der Waals surface area contributed by atoms with Gasteiger partial charge in [-0.15, -0.1) is 0 Å². The first-order valence-electron chi connectivity index (χ1n) is 5.19. The fraction of sp³-hybridized carbons (Fsp3) is 0.182. The predicted molar refractivity (Wildman–Crippen MR) is 61.1 cm³/mol. The van der Waals surface area contributed by atoms with Crippen LogP contribution in [0.5, 0.6) is 0 Å². The third-order valence-electron chi connectivity index (χ3n) is 2.44. The van der Waals surface area contributed by atoms with Gasteiger partial charge in [-0.25, -0.2) is 4.79 Å². The number of carbonyl (C=O) groups is 1. The number of benzene rings is 1. The van der Waals surface area contributed by atoms with Gasteiger partial charge < -0.3 is 4.74 Å². The number of nitro groups is 1. The molecular formula is C11H9FN2O4. The second kappa shape index (κ2) is 4.44. The van der Waals surface area contributed by atoms with Crippen molar-refractivity contribution < 1.29 is 18.9 Å². The first-order chi connectivity index (χ1) is 8.57. The molecule has 0 saturated heterocycles. The van der Waals surface area contributed by atoms with E-state index in [1.54, 1.807) is 0 Å². The Morgan fingerprint density at radius 2 is 2.17 bits per heavy atom. The number of hydrogen-bond acceptors (Lipinski definition) is 4. The SMILES string of the molecule is CCOC(=O)c1c([N+](=O)[O-])c2ccccc2n1F. The highest BCUT2D eigenvalue weighted by molar-refractivity contribution is 6.03. The minimum atomic E-state index is -1.05. The summed E-state index contributed by atoms with van der Waals surface area (Å²) in [5.41, 5.74) is -1.30. The molecule has 0 atom stereocenters. The summed E-state index contributed by atoms with van der Waals surface area (Å²) in [4.78, 5) is 21.8. The molecule has 0 amide bonds. The van der Waals surface area contributed by atoms with E-state index in [-0.39, 0.29) is 22.3 Å². The molecule has 0 bridgehead atoms. The van der Waals surface area contributed by atoms with Gasteiger partial charge in [0.05, 0.1) is 22.4 Å². The van der Waals surface area contributed by atoms with Crippen molar-refractivity contribution in [3.63, 3.8) is 0 Å². The van der Waals surface area contributed by atoms with Crippen molar-refractivity contribution in [1.29, 1.82) is 0 Å². The smallest absolute Gasteiger partial charge is 0.364 e. The summed E-state index contributed by atoms with van der Waals surface area (Å²) in [6.07, 6.45) is 0. The van der Waals surface area contributed by atoms with Crippen LogP contribution in [-0.4, -0.2) is 22.3 Å². The van der Waals surface area contributed by atoms with E-state index in [9.17, 15) is 19.4 Å². The standard InChI is InChI=1S/C11H9FN2O4/c1-2-18-11(15)10-9(14(16)17)7-5-3-4-6-8(7)13(10)12/h3-6H,2H2,1H3. The molecule has 0 spiro atoms. The number of rotatable bonds is 3. The molecule has 0 N–H and O–H groups in total. The van der Waals surface area contributed by atoms with Gasteiger partial charge in [0, 0.05) is 0 Å². The Labute approximate surface area is 101 Å². The number of fused-ring (bicyclic) bond motifs is 1. The molecule has 7 heteroatoms. The quantitative estimate of drug-likeness (QED) is 0.477. The molecule has 1 aromatic heterocycles. The van der Waals surface area contributed by atoms with Gasteiger partial charge in [0.15, 0.2) is 0 Å². The van der Waals surface area contributed by atoms with Crippen LogP contribution in [0.3, 0.4) is 0 Å². The van der Waals surface area contributed by atoms with E-state index >= 15 is 0 Å². The highest BCUT2D eigenvalue weighted by Gasteiger charge is 2.32. The maximum atomic E-state index is 13.9. The van der Waals surface area contributed by atoms with Crippen molar-refractivity contribution in [2.75, 3.05) is 6.61 Å². The van der Waals surface area contributed by atoms with Gasteiger partial charge in [0.2, 0.25) is 5.69 Å². The second-order valence-electron chi connectivity index (χ2n) is 3.47. The topological polar surface area (TPSA) is 74.4 Å². The van der Waals surface area contributed by atoms with E-state index in [1.165, 1.54) is 31.2 Å². The highest BCUT2D eigenvalue weighted by Crippen LogP contribution is 2.33. The van der Waals surface area contributed by atoms with Gasteiger partial charge in [0.25, 0.3) is 0 Å². The Morgan fingerprint density at radius 1 is 1.50 bits per heavy atom. The first-order valence-corrected chi connectivity index (χ1v) is 5.19. The number of aromatic nitrogens is 1. The fourth-order valence-electron chi connectivity index (χ4n) is 1.75. The van der Waals surface area contributed by atoms with E-state index in [1.807, 2.05) is 0 Å². The fourth-order valence-corrected chi connectivity index (χ4v) is 1.75. The van der Waals surface area contributed by atoms with Crippen molar-refractivity contribution in [3.05, 3.63) is 40.1 Å². The van der Waals surface area contributed by atoms with Gasteiger partial charge in [-0.2, -0.15) is 4.79 Å². The Balaban J connectivity index is 2.78. The number of nitrogens with zero attached hydrogens (tertiary/aromatic N) is 2. The zero-order valence-corrected chi connectivity index (χ0v) is 9.42. The van der Waals surface area contributed by atoms with Crippen LogP contribution < -0.4 is 0 Å². The Bertz CT molecular complexity index is 635. The molecule has 0 fully saturated rings. The summed E-state index contributed by atoms with van der Waals surface area (Å²) in [6.45, 7) is 1.55. The van der Waals surface area contributed by atoms with Crippen LogP contribution in [0.1, 0.15) is 17.4 Å². The van der Waals surface area contributed by atoms with Crippen molar-refractivity contribution in [2.24, 2.45) is 0 Å². The molecule has 0 radical (unpaired) electrons. The average molecular weight is 252 g/mol. The molecule has 0 aliphatic rings.